The van der Waals surface area contributed by atoms with Crippen LogP contribution in [0.1, 0.15) is 29.6 Å². The van der Waals surface area contributed by atoms with Gasteiger partial charge < -0.3 is 19.6 Å². The number of piperidine rings is 1. The highest BCUT2D eigenvalue weighted by Gasteiger charge is 2.17. The summed E-state index contributed by atoms with van der Waals surface area (Å²) in [4.78, 5) is 29.1. The molecule has 0 aliphatic carbocycles. The fourth-order valence-corrected chi connectivity index (χ4v) is 2.80. The minimum absolute atomic E-state index is 0.0213. The molecule has 1 aromatic heterocycles. The molecule has 1 aromatic carbocycles. The Morgan fingerprint density at radius 1 is 1.27 bits per heavy atom. The summed E-state index contributed by atoms with van der Waals surface area (Å²) in [5, 5.41) is 2.66. The van der Waals surface area contributed by atoms with Gasteiger partial charge in [0.2, 0.25) is 5.91 Å². The van der Waals surface area contributed by atoms with Gasteiger partial charge in [-0.05, 0) is 49.7 Å². The number of aromatic nitrogens is 1. The molecule has 3 rings (SSSR count). The van der Waals surface area contributed by atoms with E-state index in [1.165, 1.54) is 6.42 Å². The Morgan fingerprint density at radius 3 is 2.82 bits per heavy atom. The number of nitrogens with one attached hydrogen (secondary N) is 2. The second-order valence-electron chi connectivity index (χ2n) is 5.35. The van der Waals surface area contributed by atoms with Gasteiger partial charge in [-0.2, -0.15) is 0 Å². The zero-order valence-corrected chi connectivity index (χ0v) is 12.9. The first-order chi connectivity index (χ1) is 10.6. The molecule has 2 heterocycles. The normalized spacial score (nSPS) is 15.0. The van der Waals surface area contributed by atoms with Crippen molar-refractivity contribution in [1.82, 2.24) is 15.2 Å². The molecular formula is C15H17N3O3S. The van der Waals surface area contributed by atoms with Gasteiger partial charge in [-0.1, -0.05) is 0 Å². The Kier molecular flexibility index (Phi) is 4.24. The molecule has 1 fully saturated rings. The number of amides is 2. The number of hydrogen-bond donors (Lipinski definition) is 2. The van der Waals surface area contributed by atoms with Gasteiger partial charge in [0.25, 0.3) is 10.7 Å². The summed E-state index contributed by atoms with van der Waals surface area (Å²) < 4.78 is 5.28. The van der Waals surface area contributed by atoms with E-state index in [4.69, 9.17) is 16.6 Å². The third kappa shape index (κ3) is 3.19. The Bertz CT molecular complexity index is 759. The van der Waals surface area contributed by atoms with Crippen LogP contribution in [0.3, 0.4) is 0 Å². The lowest BCUT2D eigenvalue weighted by Crippen LogP contribution is -2.42. The molecule has 2 aromatic rings. The number of likely N-dealkylation sites (tertiary alicyclic amines) is 1. The number of nitrogens with zero attached hydrogens (tertiary/aromatic N) is 1. The molecule has 1 aliphatic rings. The number of H-pyrrole nitrogens is 1. The lowest BCUT2D eigenvalue weighted by atomic mass is 10.1. The van der Waals surface area contributed by atoms with Crippen LogP contribution < -0.4 is 5.32 Å². The summed E-state index contributed by atoms with van der Waals surface area (Å²) in [6.45, 7) is 1.59. The van der Waals surface area contributed by atoms with Gasteiger partial charge in [0.05, 0.1) is 12.1 Å². The summed E-state index contributed by atoms with van der Waals surface area (Å²) in [6.07, 6.45) is 3.24. The smallest absolute Gasteiger partial charge is 0.266 e. The molecule has 2 amide bonds. The molecule has 2 N–H and O–H groups in total. The van der Waals surface area contributed by atoms with Gasteiger partial charge in [0.15, 0.2) is 5.58 Å². The van der Waals surface area contributed by atoms with Crippen LogP contribution in [0.4, 0.5) is 0 Å². The summed E-state index contributed by atoms with van der Waals surface area (Å²) in [5.41, 5.74) is 1.71. The molecule has 0 saturated carbocycles. The first kappa shape index (κ1) is 14.8. The average Bonchev–Trinajstić information content (AvgIpc) is 2.92. The molecule has 22 heavy (non-hydrogen) atoms. The Morgan fingerprint density at radius 2 is 2.05 bits per heavy atom. The van der Waals surface area contributed by atoms with E-state index in [2.05, 4.69) is 10.3 Å². The summed E-state index contributed by atoms with van der Waals surface area (Å²) >= 11 is 4.91. The first-order valence-electron chi connectivity index (χ1n) is 7.32. The van der Waals surface area contributed by atoms with Crippen molar-refractivity contribution in [2.75, 3.05) is 19.6 Å². The molecule has 0 unspecified atom stereocenters. The van der Waals surface area contributed by atoms with Crippen LogP contribution in [0.15, 0.2) is 22.6 Å². The Labute approximate surface area is 132 Å². The number of carbonyl (C=O) groups is 2. The molecule has 7 heteroatoms. The van der Waals surface area contributed by atoms with E-state index >= 15 is 0 Å². The number of oxazole rings is 1. The Balaban J connectivity index is 1.62. The van der Waals surface area contributed by atoms with Gasteiger partial charge in [0.1, 0.15) is 0 Å². The van der Waals surface area contributed by atoms with E-state index in [0.29, 0.717) is 11.1 Å². The van der Waals surface area contributed by atoms with E-state index in [0.717, 1.165) is 31.4 Å². The van der Waals surface area contributed by atoms with Gasteiger partial charge in [-0.3, -0.25) is 9.59 Å². The van der Waals surface area contributed by atoms with Crippen LogP contribution >= 0.6 is 12.2 Å². The van der Waals surface area contributed by atoms with Crippen molar-refractivity contribution in [3.05, 3.63) is 28.6 Å². The van der Waals surface area contributed by atoms with Gasteiger partial charge >= 0.3 is 0 Å². The van der Waals surface area contributed by atoms with Crippen LogP contribution in [-0.2, 0) is 4.79 Å². The maximum absolute atomic E-state index is 12.1. The summed E-state index contributed by atoms with van der Waals surface area (Å²) in [6, 6.07) is 5.02. The van der Waals surface area contributed by atoms with Crippen molar-refractivity contribution in [2.24, 2.45) is 0 Å². The highest BCUT2D eigenvalue weighted by atomic mass is 32.1. The maximum Gasteiger partial charge on any atom is 0.266 e. The number of aromatic amines is 1. The summed E-state index contributed by atoms with van der Waals surface area (Å²) in [5.74, 6) is -0.331. The second-order valence-corrected chi connectivity index (χ2v) is 5.72. The minimum atomic E-state index is -0.297. The molecular weight excluding hydrogens is 302 g/mol. The SMILES string of the molecule is O=C(NCC(=O)N1CCCCC1)c1ccc2[nH]c(=S)oc2c1. The van der Waals surface area contributed by atoms with Crippen molar-refractivity contribution in [3.63, 3.8) is 0 Å². The largest absolute Gasteiger partial charge is 0.429 e. The second kappa shape index (κ2) is 6.31. The molecule has 6 nitrogen and oxygen atoms in total. The lowest BCUT2D eigenvalue weighted by Gasteiger charge is -2.26. The standard InChI is InChI=1S/C15H17N3O3S/c19-13(18-6-2-1-3-7-18)9-16-14(20)10-4-5-11-12(8-10)21-15(22)17-11/h4-5,8H,1-3,6-7,9H2,(H,16,20)(H,17,22). The quantitative estimate of drug-likeness (QED) is 0.851. The predicted molar refractivity (Wildman–Crippen MR) is 84.2 cm³/mol. The average molecular weight is 319 g/mol. The molecule has 0 radical (unpaired) electrons. The zero-order valence-electron chi connectivity index (χ0n) is 12.1. The van der Waals surface area contributed by atoms with Gasteiger partial charge in [-0.15, -0.1) is 0 Å². The van der Waals surface area contributed by atoms with Crippen molar-refractivity contribution in [1.29, 1.82) is 0 Å². The van der Waals surface area contributed by atoms with Crippen LogP contribution in [0.25, 0.3) is 11.1 Å². The van der Waals surface area contributed by atoms with Gasteiger partial charge in [-0.25, -0.2) is 0 Å². The monoisotopic (exact) mass is 319 g/mol. The topological polar surface area (TPSA) is 78.3 Å². The van der Waals surface area contributed by atoms with E-state index in [1.807, 2.05) is 0 Å². The molecule has 1 aliphatic heterocycles. The van der Waals surface area contributed by atoms with Crippen molar-refractivity contribution in [3.8, 4) is 0 Å². The fraction of sp³-hybridized carbons (Fsp3) is 0.400. The zero-order chi connectivity index (χ0) is 15.5. The predicted octanol–water partition coefficient (Wildman–Crippen LogP) is 2.23. The van der Waals surface area contributed by atoms with Crippen LogP contribution in [0.2, 0.25) is 0 Å². The third-order valence-corrected chi connectivity index (χ3v) is 3.98. The first-order valence-corrected chi connectivity index (χ1v) is 7.73. The number of benzene rings is 1. The summed E-state index contributed by atoms with van der Waals surface area (Å²) in [7, 11) is 0. The molecule has 0 spiro atoms. The Hall–Kier alpha value is -2.15. The lowest BCUT2D eigenvalue weighted by molar-refractivity contribution is -0.130. The molecule has 116 valence electrons. The van der Waals surface area contributed by atoms with E-state index in [9.17, 15) is 9.59 Å². The van der Waals surface area contributed by atoms with Gasteiger partial charge in [0, 0.05) is 18.7 Å². The van der Waals surface area contributed by atoms with Crippen molar-refractivity contribution >= 4 is 35.1 Å². The van der Waals surface area contributed by atoms with E-state index in [-0.39, 0.29) is 23.2 Å². The van der Waals surface area contributed by atoms with Crippen molar-refractivity contribution < 1.29 is 14.0 Å². The third-order valence-electron chi connectivity index (χ3n) is 3.79. The number of carbonyl (C=O) groups excluding carboxylic acids is 2. The maximum atomic E-state index is 12.1. The number of hydrogen-bond acceptors (Lipinski definition) is 4. The number of fused-ring (bicyclic) bond motifs is 1. The van der Waals surface area contributed by atoms with Crippen LogP contribution in [0.5, 0.6) is 0 Å². The van der Waals surface area contributed by atoms with E-state index in [1.54, 1.807) is 23.1 Å². The van der Waals surface area contributed by atoms with Crippen molar-refractivity contribution in [2.45, 2.75) is 19.3 Å². The fourth-order valence-electron chi connectivity index (χ4n) is 2.60. The minimum Gasteiger partial charge on any atom is -0.429 e. The van der Waals surface area contributed by atoms with E-state index < -0.39 is 0 Å². The molecule has 0 atom stereocenters. The van der Waals surface area contributed by atoms with Crippen LogP contribution in [0, 0.1) is 4.84 Å². The van der Waals surface area contributed by atoms with Crippen LogP contribution in [-0.4, -0.2) is 41.3 Å². The highest BCUT2D eigenvalue weighted by Crippen LogP contribution is 2.15. The molecule has 0 bridgehead atoms. The molecule has 1 saturated heterocycles. The highest BCUT2D eigenvalue weighted by molar-refractivity contribution is 7.71. The number of rotatable bonds is 3.